The van der Waals surface area contributed by atoms with Crippen LogP contribution in [0.25, 0.3) is 0 Å². The Kier molecular flexibility index (Phi) is 69.6. The maximum atomic E-state index is 12.5. The molecule has 0 spiro atoms. The first kappa shape index (κ1) is 77.6. The summed E-state index contributed by atoms with van der Waals surface area (Å²) in [5.41, 5.74) is 0. The summed E-state index contributed by atoms with van der Waals surface area (Å²) in [4.78, 5) is 12.5. The van der Waals surface area contributed by atoms with E-state index in [-0.39, 0.29) is 12.5 Å². The number of allylic oxidation sites excluding steroid dienone is 5. The zero-order chi connectivity index (χ0) is 56.9. The Morgan fingerprint density at radius 3 is 0.734 bits per heavy atom. The number of carbonyl (C=O) groups excluding carboxylic acids is 1. The lowest BCUT2D eigenvalue weighted by molar-refractivity contribution is -0.123. The minimum Gasteiger partial charge on any atom is -0.394 e. The van der Waals surface area contributed by atoms with E-state index in [1.807, 2.05) is 6.08 Å². The van der Waals surface area contributed by atoms with Gasteiger partial charge in [-0.2, -0.15) is 0 Å². The second kappa shape index (κ2) is 70.9. The lowest BCUT2D eigenvalue weighted by atomic mass is 10.0. The van der Waals surface area contributed by atoms with Crippen molar-refractivity contribution in [2.45, 2.75) is 431 Å². The molecule has 1 amide bonds. The SMILES string of the molecule is CCCCCCCCCCCCCCCCCCCCCCCC/C=C/CC/C=C/CC/C=C/C(O)C(CO)NC(=O)CCCCCCCCCCCCCCCCCCCCCCCCCCCCCCCCCCCCC. The molecule has 0 radical (unpaired) electrons. The fraction of sp³-hybridized carbons (Fsp3) is 0.907. The summed E-state index contributed by atoms with van der Waals surface area (Å²) in [5, 5.41) is 23.3. The molecule has 0 aliphatic rings. The van der Waals surface area contributed by atoms with Gasteiger partial charge in [0.25, 0.3) is 0 Å². The van der Waals surface area contributed by atoms with Crippen LogP contribution in [0.4, 0.5) is 0 Å². The highest BCUT2D eigenvalue weighted by Crippen LogP contribution is 2.20. The molecule has 0 aliphatic carbocycles. The van der Waals surface area contributed by atoms with Crippen LogP contribution in [0.5, 0.6) is 0 Å². The van der Waals surface area contributed by atoms with E-state index in [1.165, 1.54) is 360 Å². The third-order valence-electron chi connectivity index (χ3n) is 17.4. The van der Waals surface area contributed by atoms with E-state index < -0.39 is 12.1 Å². The molecule has 0 bridgehead atoms. The van der Waals surface area contributed by atoms with Crippen molar-refractivity contribution in [2.24, 2.45) is 0 Å². The number of aliphatic hydroxyl groups excluding tert-OH is 2. The Balaban J connectivity index is 3.44. The van der Waals surface area contributed by atoms with Crippen molar-refractivity contribution >= 4 is 5.91 Å². The molecule has 4 heteroatoms. The predicted octanol–water partition coefficient (Wildman–Crippen LogP) is 25.1. The van der Waals surface area contributed by atoms with Crippen LogP contribution >= 0.6 is 0 Å². The predicted molar refractivity (Wildman–Crippen MR) is 355 cm³/mol. The number of rotatable bonds is 69. The molecule has 0 saturated carbocycles. The third kappa shape index (κ3) is 67.3. The molecule has 0 aromatic carbocycles. The average Bonchev–Trinajstić information content (AvgIpc) is 3.45. The first-order valence-corrected chi connectivity index (χ1v) is 36.7. The van der Waals surface area contributed by atoms with Crippen molar-refractivity contribution in [1.82, 2.24) is 5.32 Å². The van der Waals surface area contributed by atoms with Crippen LogP contribution in [0.1, 0.15) is 418 Å². The Morgan fingerprint density at radius 2 is 0.494 bits per heavy atom. The van der Waals surface area contributed by atoms with Crippen LogP contribution in [0, 0.1) is 0 Å². The molecule has 4 nitrogen and oxygen atoms in total. The van der Waals surface area contributed by atoms with Crippen molar-refractivity contribution in [2.75, 3.05) is 6.61 Å². The largest absolute Gasteiger partial charge is 0.394 e. The normalized spacial score (nSPS) is 12.8. The van der Waals surface area contributed by atoms with Gasteiger partial charge in [0.1, 0.15) is 0 Å². The first-order valence-electron chi connectivity index (χ1n) is 36.7. The van der Waals surface area contributed by atoms with Crippen LogP contribution in [0.15, 0.2) is 36.5 Å². The molecule has 3 N–H and O–H groups in total. The second-order valence-corrected chi connectivity index (χ2v) is 25.4. The maximum absolute atomic E-state index is 12.5. The average molecular weight is 1110 g/mol. The molecule has 2 unspecified atom stereocenters. The minimum absolute atomic E-state index is 0.0689. The molecular formula is C75H145NO3. The highest BCUT2D eigenvalue weighted by molar-refractivity contribution is 5.76. The van der Waals surface area contributed by atoms with Crippen molar-refractivity contribution in [1.29, 1.82) is 0 Å². The smallest absolute Gasteiger partial charge is 0.220 e. The van der Waals surface area contributed by atoms with Crippen molar-refractivity contribution in [3.8, 4) is 0 Å². The fourth-order valence-corrected chi connectivity index (χ4v) is 11.8. The van der Waals surface area contributed by atoms with Crippen molar-refractivity contribution in [3.63, 3.8) is 0 Å². The van der Waals surface area contributed by atoms with Gasteiger partial charge in [0, 0.05) is 6.42 Å². The number of hydrogen-bond donors (Lipinski definition) is 3. The summed E-state index contributed by atoms with van der Waals surface area (Å²) >= 11 is 0. The second-order valence-electron chi connectivity index (χ2n) is 25.4. The Morgan fingerprint density at radius 1 is 0.291 bits per heavy atom. The molecule has 79 heavy (non-hydrogen) atoms. The van der Waals surface area contributed by atoms with Gasteiger partial charge in [-0.05, 0) is 44.9 Å². The van der Waals surface area contributed by atoms with Crippen LogP contribution in [0.3, 0.4) is 0 Å². The summed E-state index contributed by atoms with van der Waals surface area (Å²) in [7, 11) is 0. The molecule has 2 atom stereocenters. The molecule has 468 valence electrons. The van der Waals surface area contributed by atoms with Gasteiger partial charge in [-0.1, -0.05) is 403 Å². The summed E-state index contributed by atoms with van der Waals surface area (Å²) in [6.07, 6.45) is 98.4. The fourth-order valence-electron chi connectivity index (χ4n) is 11.8. The minimum atomic E-state index is -0.871. The van der Waals surface area contributed by atoms with E-state index in [9.17, 15) is 15.0 Å². The van der Waals surface area contributed by atoms with Crippen LogP contribution < -0.4 is 5.32 Å². The molecule has 0 saturated heterocycles. The Hall–Kier alpha value is -1.39. The Bertz CT molecular complexity index is 1210. The molecule has 0 rings (SSSR count). The van der Waals surface area contributed by atoms with E-state index in [0.717, 1.165) is 38.5 Å². The molecule has 0 aromatic heterocycles. The summed E-state index contributed by atoms with van der Waals surface area (Å²) < 4.78 is 0. The van der Waals surface area contributed by atoms with Crippen LogP contribution in [-0.4, -0.2) is 34.9 Å². The van der Waals surface area contributed by atoms with Gasteiger partial charge in [0.05, 0.1) is 18.8 Å². The van der Waals surface area contributed by atoms with Gasteiger partial charge in [-0.25, -0.2) is 0 Å². The molecular weight excluding hydrogens is 963 g/mol. The Labute approximate surface area is 497 Å². The summed E-state index contributed by atoms with van der Waals surface area (Å²) in [5.74, 6) is -0.0689. The van der Waals surface area contributed by atoms with Gasteiger partial charge >= 0.3 is 0 Å². The van der Waals surface area contributed by atoms with Gasteiger partial charge < -0.3 is 15.5 Å². The highest BCUT2D eigenvalue weighted by Gasteiger charge is 2.18. The number of aliphatic hydroxyl groups is 2. The lowest BCUT2D eigenvalue weighted by Crippen LogP contribution is -2.45. The number of carbonyl (C=O) groups is 1. The highest BCUT2D eigenvalue weighted by atomic mass is 16.3. The van der Waals surface area contributed by atoms with E-state index in [2.05, 4.69) is 43.5 Å². The van der Waals surface area contributed by atoms with Crippen molar-refractivity contribution in [3.05, 3.63) is 36.5 Å². The first-order chi connectivity index (χ1) is 39.2. The van der Waals surface area contributed by atoms with E-state index in [0.29, 0.717) is 6.42 Å². The van der Waals surface area contributed by atoms with Gasteiger partial charge in [-0.3, -0.25) is 4.79 Å². The standard InChI is InChI=1S/C75H145NO3/c1-3-5-7-9-11-13-15-17-19-21-23-25-27-29-31-33-35-37-38-39-41-43-45-47-49-51-53-55-57-59-61-63-65-67-69-71-75(79)76-73(72-77)74(78)70-68-66-64-62-60-58-56-54-52-50-48-46-44-42-40-36-34-32-30-28-26-24-22-20-18-16-14-12-10-8-6-4-2/h52,54,60,62,68,70,73-74,77-78H,3-51,53,55-59,61,63-67,69,71-72H2,1-2H3,(H,76,79)/b54-52+,62-60+,70-68+. The third-order valence-corrected chi connectivity index (χ3v) is 17.4. The summed E-state index contributed by atoms with van der Waals surface area (Å²) in [6, 6.07) is -0.646. The van der Waals surface area contributed by atoms with E-state index in [1.54, 1.807) is 6.08 Å². The number of amides is 1. The van der Waals surface area contributed by atoms with Crippen LogP contribution in [0.2, 0.25) is 0 Å². The maximum Gasteiger partial charge on any atom is 0.220 e. The lowest BCUT2D eigenvalue weighted by Gasteiger charge is -2.19. The van der Waals surface area contributed by atoms with E-state index in [4.69, 9.17) is 0 Å². The van der Waals surface area contributed by atoms with Gasteiger partial charge in [0.2, 0.25) is 5.91 Å². The van der Waals surface area contributed by atoms with Gasteiger partial charge in [-0.15, -0.1) is 0 Å². The molecule has 0 heterocycles. The monoisotopic (exact) mass is 1110 g/mol. The molecule has 0 fully saturated rings. The topological polar surface area (TPSA) is 69.6 Å². The molecule has 0 aliphatic heterocycles. The zero-order valence-electron chi connectivity index (χ0n) is 54.2. The number of hydrogen-bond acceptors (Lipinski definition) is 3. The van der Waals surface area contributed by atoms with Gasteiger partial charge in [0.15, 0.2) is 0 Å². The van der Waals surface area contributed by atoms with Crippen LogP contribution in [-0.2, 0) is 4.79 Å². The van der Waals surface area contributed by atoms with Crippen molar-refractivity contribution < 1.29 is 15.0 Å². The summed E-state index contributed by atoms with van der Waals surface area (Å²) in [6.45, 7) is 4.35. The number of nitrogens with one attached hydrogen (secondary N) is 1. The zero-order valence-corrected chi connectivity index (χ0v) is 54.2. The van der Waals surface area contributed by atoms with E-state index >= 15 is 0 Å². The quantitative estimate of drug-likeness (QED) is 0.0420. The molecule has 0 aromatic rings. The number of unbranched alkanes of at least 4 members (excludes halogenated alkanes) is 58.